The molecule has 1 fully saturated rings. The molecule has 3 nitrogen and oxygen atoms in total. The summed E-state index contributed by atoms with van der Waals surface area (Å²) >= 11 is 0. The van der Waals surface area contributed by atoms with Crippen LogP contribution in [0.5, 0.6) is 5.75 Å². The van der Waals surface area contributed by atoms with Crippen molar-refractivity contribution in [1.29, 1.82) is 0 Å². The normalized spacial score (nSPS) is 20.2. The van der Waals surface area contributed by atoms with Gasteiger partial charge in [-0.05, 0) is 37.0 Å². The molecule has 1 heterocycles. The van der Waals surface area contributed by atoms with Gasteiger partial charge in [-0.25, -0.2) is 0 Å². The molecule has 0 aromatic heterocycles. The molecule has 1 aliphatic heterocycles. The minimum absolute atomic E-state index is 0.0884. The lowest BCUT2D eigenvalue weighted by Gasteiger charge is -2.23. The van der Waals surface area contributed by atoms with E-state index in [1.165, 1.54) is 6.42 Å². The summed E-state index contributed by atoms with van der Waals surface area (Å²) in [4.78, 5) is 0. The van der Waals surface area contributed by atoms with Crippen LogP contribution in [-0.4, -0.2) is 24.6 Å². The van der Waals surface area contributed by atoms with E-state index in [1.54, 1.807) is 0 Å². The Kier molecular flexibility index (Phi) is 5.24. The fraction of sp³-hybridized carbons (Fsp3) is 0.467. The zero-order chi connectivity index (χ0) is 12.6. The number of aliphatic hydroxyl groups is 1. The number of aliphatic hydroxyl groups excluding tert-OH is 1. The standard InChI is InChI=1S/C15H20O3/c16-11-3-1-5-13-7-9-14(10-8-13)18-15-6-2-4-12-17-15/h1,5,7-10,15-16H,2-4,6,11-12H2/b5-1+. The van der Waals surface area contributed by atoms with Gasteiger partial charge in [0.2, 0.25) is 0 Å². The Labute approximate surface area is 108 Å². The first kappa shape index (κ1) is 13.1. The highest BCUT2D eigenvalue weighted by Crippen LogP contribution is 2.19. The summed E-state index contributed by atoms with van der Waals surface area (Å²) in [6, 6.07) is 7.92. The predicted octanol–water partition coefficient (Wildman–Crippen LogP) is 2.99. The summed E-state index contributed by atoms with van der Waals surface area (Å²) in [5, 5.41) is 8.69. The molecule has 0 aliphatic carbocycles. The van der Waals surface area contributed by atoms with Gasteiger partial charge in [-0.15, -0.1) is 0 Å². The zero-order valence-electron chi connectivity index (χ0n) is 10.5. The van der Waals surface area contributed by atoms with Gasteiger partial charge >= 0.3 is 0 Å². The molecule has 2 rings (SSSR count). The van der Waals surface area contributed by atoms with E-state index in [0.29, 0.717) is 6.42 Å². The Morgan fingerprint density at radius 1 is 1.28 bits per heavy atom. The van der Waals surface area contributed by atoms with Gasteiger partial charge in [0, 0.05) is 13.0 Å². The molecule has 3 heteroatoms. The van der Waals surface area contributed by atoms with Gasteiger partial charge in [0.05, 0.1) is 6.61 Å². The molecule has 98 valence electrons. The number of hydrogen-bond acceptors (Lipinski definition) is 3. The van der Waals surface area contributed by atoms with Gasteiger partial charge < -0.3 is 14.6 Å². The molecule has 1 saturated heterocycles. The molecule has 1 aromatic rings. The molecule has 0 bridgehead atoms. The van der Waals surface area contributed by atoms with E-state index >= 15 is 0 Å². The summed E-state index contributed by atoms with van der Waals surface area (Å²) in [5.41, 5.74) is 1.11. The second-order valence-corrected chi connectivity index (χ2v) is 4.40. The van der Waals surface area contributed by atoms with Gasteiger partial charge in [-0.3, -0.25) is 0 Å². The van der Waals surface area contributed by atoms with Crippen molar-refractivity contribution in [2.75, 3.05) is 13.2 Å². The summed E-state index contributed by atoms with van der Waals surface area (Å²) in [6.07, 6.45) is 7.83. The Balaban J connectivity index is 1.86. The van der Waals surface area contributed by atoms with Crippen molar-refractivity contribution in [2.24, 2.45) is 0 Å². The monoisotopic (exact) mass is 248 g/mol. The summed E-state index contributed by atoms with van der Waals surface area (Å²) in [5.74, 6) is 0.848. The molecule has 1 aliphatic rings. The molecular formula is C15H20O3. The molecule has 0 spiro atoms. The quantitative estimate of drug-likeness (QED) is 0.870. The van der Waals surface area contributed by atoms with Crippen LogP contribution in [0.2, 0.25) is 0 Å². The first-order chi connectivity index (χ1) is 8.88. The summed E-state index contributed by atoms with van der Waals surface area (Å²) < 4.78 is 11.3. The molecule has 1 N–H and O–H groups in total. The molecule has 1 unspecified atom stereocenters. The Morgan fingerprint density at radius 3 is 2.78 bits per heavy atom. The van der Waals surface area contributed by atoms with E-state index in [4.69, 9.17) is 14.6 Å². The molecule has 0 amide bonds. The van der Waals surface area contributed by atoms with E-state index in [1.807, 2.05) is 36.4 Å². The van der Waals surface area contributed by atoms with Crippen LogP contribution < -0.4 is 4.74 Å². The lowest BCUT2D eigenvalue weighted by atomic mass is 10.2. The van der Waals surface area contributed by atoms with Gasteiger partial charge in [0.15, 0.2) is 6.29 Å². The van der Waals surface area contributed by atoms with E-state index in [-0.39, 0.29) is 12.9 Å². The first-order valence-corrected chi connectivity index (χ1v) is 6.54. The summed E-state index contributed by atoms with van der Waals surface area (Å²) in [6.45, 7) is 0.989. The van der Waals surface area contributed by atoms with Crippen molar-refractivity contribution in [2.45, 2.75) is 32.0 Å². The number of hydrogen-bond donors (Lipinski definition) is 1. The van der Waals surface area contributed by atoms with Crippen molar-refractivity contribution >= 4 is 6.08 Å². The predicted molar refractivity (Wildman–Crippen MR) is 71.4 cm³/mol. The van der Waals surface area contributed by atoms with Crippen LogP contribution in [0.15, 0.2) is 30.3 Å². The van der Waals surface area contributed by atoms with Crippen LogP contribution in [-0.2, 0) is 4.74 Å². The third kappa shape index (κ3) is 4.17. The molecule has 18 heavy (non-hydrogen) atoms. The van der Waals surface area contributed by atoms with Crippen molar-refractivity contribution in [3.63, 3.8) is 0 Å². The van der Waals surface area contributed by atoms with Gasteiger partial charge in [-0.1, -0.05) is 24.3 Å². The number of ether oxygens (including phenoxy) is 2. The second kappa shape index (κ2) is 7.19. The highest BCUT2D eigenvalue weighted by Gasteiger charge is 2.14. The second-order valence-electron chi connectivity index (χ2n) is 4.40. The zero-order valence-corrected chi connectivity index (χ0v) is 10.5. The van der Waals surface area contributed by atoms with Crippen LogP contribution in [0.3, 0.4) is 0 Å². The topological polar surface area (TPSA) is 38.7 Å². The van der Waals surface area contributed by atoms with Crippen LogP contribution in [0.4, 0.5) is 0 Å². The van der Waals surface area contributed by atoms with Crippen molar-refractivity contribution in [3.8, 4) is 5.75 Å². The van der Waals surface area contributed by atoms with Crippen LogP contribution in [0.1, 0.15) is 31.2 Å². The third-order valence-corrected chi connectivity index (χ3v) is 2.89. The fourth-order valence-electron chi connectivity index (χ4n) is 1.91. The van der Waals surface area contributed by atoms with E-state index < -0.39 is 0 Å². The minimum Gasteiger partial charge on any atom is -0.465 e. The molecule has 1 atom stereocenters. The number of rotatable bonds is 5. The minimum atomic E-state index is -0.0884. The third-order valence-electron chi connectivity index (χ3n) is 2.89. The molecule has 0 radical (unpaired) electrons. The van der Waals surface area contributed by atoms with Crippen molar-refractivity contribution in [1.82, 2.24) is 0 Å². The SMILES string of the molecule is OCC/C=C/c1ccc(OC2CCCCO2)cc1. The van der Waals surface area contributed by atoms with Crippen molar-refractivity contribution < 1.29 is 14.6 Å². The maximum Gasteiger partial charge on any atom is 0.199 e. The van der Waals surface area contributed by atoms with Crippen LogP contribution in [0, 0.1) is 0 Å². The Morgan fingerprint density at radius 2 is 2.11 bits per heavy atom. The molecular weight excluding hydrogens is 228 g/mol. The van der Waals surface area contributed by atoms with E-state index in [9.17, 15) is 0 Å². The molecule has 1 aromatic carbocycles. The van der Waals surface area contributed by atoms with E-state index in [0.717, 1.165) is 30.8 Å². The lowest BCUT2D eigenvalue weighted by Crippen LogP contribution is -2.24. The van der Waals surface area contributed by atoms with Crippen LogP contribution in [0.25, 0.3) is 6.08 Å². The largest absolute Gasteiger partial charge is 0.465 e. The average molecular weight is 248 g/mol. The van der Waals surface area contributed by atoms with Crippen molar-refractivity contribution in [3.05, 3.63) is 35.9 Å². The van der Waals surface area contributed by atoms with Gasteiger partial charge in [0.1, 0.15) is 5.75 Å². The van der Waals surface area contributed by atoms with Crippen LogP contribution >= 0.6 is 0 Å². The maximum absolute atomic E-state index is 8.69. The fourth-order valence-corrected chi connectivity index (χ4v) is 1.91. The maximum atomic E-state index is 8.69. The highest BCUT2D eigenvalue weighted by molar-refractivity contribution is 5.50. The lowest BCUT2D eigenvalue weighted by molar-refractivity contribution is -0.105. The van der Waals surface area contributed by atoms with Gasteiger partial charge in [0.25, 0.3) is 0 Å². The first-order valence-electron chi connectivity index (χ1n) is 6.54. The van der Waals surface area contributed by atoms with E-state index in [2.05, 4.69) is 0 Å². The number of benzene rings is 1. The molecule has 0 saturated carbocycles. The Hall–Kier alpha value is -1.32. The summed E-state index contributed by atoms with van der Waals surface area (Å²) in [7, 11) is 0. The smallest absolute Gasteiger partial charge is 0.199 e. The average Bonchev–Trinajstić information content (AvgIpc) is 2.42. The highest BCUT2D eigenvalue weighted by atomic mass is 16.7. The Bertz CT molecular complexity index is 364. The van der Waals surface area contributed by atoms with Gasteiger partial charge in [-0.2, -0.15) is 0 Å².